The number of carbonyl (C=O) groups excluding carboxylic acids is 2. The predicted octanol–water partition coefficient (Wildman–Crippen LogP) is 5.13. The number of amides is 3. The average molecular weight is 396 g/mol. The van der Waals surface area contributed by atoms with Crippen LogP contribution in [-0.2, 0) is 4.79 Å². The van der Waals surface area contributed by atoms with Crippen LogP contribution in [0.4, 0.5) is 21.9 Å². The summed E-state index contributed by atoms with van der Waals surface area (Å²) in [4.78, 5) is 27.3. The van der Waals surface area contributed by atoms with E-state index in [1.54, 1.807) is 17.0 Å². The molecule has 0 saturated carbocycles. The largest absolute Gasteiger partial charge is 0.490 e. The molecule has 0 unspecified atom stereocenters. The second-order valence-corrected chi connectivity index (χ2v) is 8.44. The average Bonchev–Trinajstić information content (AvgIpc) is 2.76. The van der Waals surface area contributed by atoms with Crippen LogP contribution in [0.5, 0.6) is 5.75 Å². The van der Waals surface area contributed by atoms with E-state index in [1.807, 2.05) is 50.2 Å². The number of nitrogens with one attached hydrogen (secondary N) is 2. The van der Waals surface area contributed by atoms with E-state index in [0.29, 0.717) is 41.9 Å². The van der Waals surface area contributed by atoms with Gasteiger partial charge in [-0.3, -0.25) is 4.79 Å². The number of carbonyl (C=O) groups is 2. The second-order valence-electron chi connectivity index (χ2n) is 8.44. The zero-order valence-corrected chi connectivity index (χ0v) is 17.5. The first-order valence-electron chi connectivity index (χ1n) is 9.98. The number of urea groups is 1. The van der Waals surface area contributed by atoms with Gasteiger partial charge in [-0.25, -0.2) is 4.79 Å². The molecule has 3 amide bonds. The summed E-state index contributed by atoms with van der Waals surface area (Å²) in [6, 6.07) is 14.3. The quantitative estimate of drug-likeness (QED) is 0.737. The van der Waals surface area contributed by atoms with Gasteiger partial charge in [0.1, 0.15) is 12.4 Å². The van der Waals surface area contributed by atoms with Crippen molar-refractivity contribution in [2.24, 2.45) is 11.3 Å². The van der Waals surface area contributed by atoms with Gasteiger partial charge in [-0.1, -0.05) is 32.0 Å². The number of anilines is 3. The third kappa shape index (κ3) is 5.08. The fraction of sp³-hybridized carbons (Fsp3) is 0.391. The van der Waals surface area contributed by atoms with Crippen LogP contribution in [0.2, 0.25) is 0 Å². The molecule has 0 aromatic heterocycles. The number of hydrogen-bond acceptors (Lipinski definition) is 3. The topological polar surface area (TPSA) is 70.7 Å². The number of nitrogens with zero attached hydrogens (tertiary/aromatic N) is 1. The van der Waals surface area contributed by atoms with Crippen molar-refractivity contribution in [3.63, 3.8) is 0 Å². The molecule has 29 heavy (non-hydrogen) atoms. The fourth-order valence-corrected chi connectivity index (χ4v) is 3.15. The standard InChI is InChI=1S/C23H29N3O3/c1-16(2)12-13-26-19-14-18(25-22(28)24-17-8-6-5-7-9-17)10-11-20(19)29-15-23(3,4)21(26)27/h5-11,14,16H,12-13,15H2,1-4H3,(H2,24,25,28). The molecular weight excluding hydrogens is 366 g/mol. The Hall–Kier alpha value is -3.02. The minimum absolute atomic E-state index is 0.0304. The first kappa shape index (κ1) is 20.7. The van der Waals surface area contributed by atoms with Crippen LogP contribution in [0.25, 0.3) is 0 Å². The minimum atomic E-state index is -0.617. The third-order valence-corrected chi connectivity index (χ3v) is 4.88. The monoisotopic (exact) mass is 395 g/mol. The van der Waals surface area contributed by atoms with E-state index in [0.717, 1.165) is 6.42 Å². The Morgan fingerprint density at radius 1 is 1.10 bits per heavy atom. The molecule has 0 fully saturated rings. The molecule has 2 aromatic carbocycles. The van der Waals surface area contributed by atoms with Gasteiger partial charge in [0.2, 0.25) is 5.91 Å². The molecule has 1 aliphatic heterocycles. The minimum Gasteiger partial charge on any atom is -0.490 e. The summed E-state index contributed by atoms with van der Waals surface area (Å²) >= 11 is 0. The summed E-state index contributed by atoms with van der Waals surface area (Å²) in [5.41, 5.74) is 1.38. The molecule has 0 spiro atoms. The van der Waals surface area contributed by atoms with Crippen LogP contribution in [0.1, 0.15) is 34.1 Å². The normalized spacial score (nSPS) is 15.3. The van der Waals surface area contributed by atoms with Gasteiger partial charge >= 0.3 is 6.03 Å². The highest BCUT2D eigenvalue weighted by atomic mass is 16.5. The zero-order chi connectivity index (χ0) is 21.0. The van der Waals surface area contributed by atoms with Crippen LogP contribution in [0.3, 0.4) is 0 Å². The summed E-state index contributed by atoms with van der Waals surface area (Å²) in [5, 5.41) is 5.63. The SMILES string of the molecule is CC(C)CCN1C(=O)C(C)(C)COc2ccc(NC(=O)Nc3ccccc3)cc21. The predicted molar refractivity (Wildman–Crippen MR) is 117 cm³/mol. The molecule has 0 bridgehead atoms. The van der Waals surface area contributed by atoms with Crippen molar-refractivity contribution in [1.29, 1.82) is 0 Å². The Morgan fingerprint density at radius 3 is 2.48 bits per heavy atom. The lowest BCUT2D eigenvalue weighted by Crippen LogP contribution is -2.42. The fourth-order valence-electron chi connectivity index (χ4n) is 3.15. The zero-order valence-electron chi connectivity index (χ0n) is 17.5. The molecule has 1 aliphatic rings. The van der Waals surface area contributed by atoms with Gasteiger partial charge in [-0.2, -0.15) is 0 Å². The van der Waals surface area contributed by atoms with Crippen molar-refractivity contribution in [2.45, 2.75) is 34.1 Å². The highest BCUT2D eigenvalue weighted by Gasteiger charge is 2.37. The van der Waals surface area contributed by atoms with Crippen molar-refractivity contribution >= 4 is 29.0 Å². The van der Waals surface area contributed by atoms with Gasteiger partial charge in [0, 0.05) is 17.9 Å². The van der Waals surface area contributed by atoms with E-state index in [1.165, 1.54) is 0 Å². The van der Waals surface area contributed by atoms with Gasteiger partial charge in [0.25, 0.3) is 0 Å². The van der Waals surface area contributed by atoms with Crippen molar-refractivity contribution < 1.29 is 14.3 Å². The first-order chi connectivity index (χ1) is 13.8. The molecule has 0 radical (unpaired) electrons. The maximum Gasteiger partial charge on any atom is 0.323 e. The molecule has 3 rings (SSSR count). The number of rotatable bonds is 5. The van der Waals surface area contributed by atoms with E-state index in [9.17, 15) is 9.59 Å². The smallest absolute Gasteiger partial charge is 0.323 e. The number of benzene rings is 2. The molecule has 0 saturated heterocycles. The lowest BCUT2D eigenvalue weighted by Gasteiger charge is -2.28. The molecule has 0 atom stereocenters. The number of ether oxygens (including phenoxy) is 1. The van der Waals surface area contributed by atoms with Crippen LogP contribution in [0.15, 0.2) is 48.5 Å². The van der Waals surface area contributed by atoms with E-state index in [2.05, 4.69) is 24.5 Å². The second kappa shape index (κ2) is 8.55. The molecule has 2 aromatic rings. The molecule has 6 heteroatoms. The Balaban J connectivity index is 1.84. The molecule has 0 aliphatic carbocycles. The van der Waals surface area contributed by atoms with Crippen LogP contribution < -0.4 is 20.3 Å². The molecule has 1 heterocycles. The van der Waals surface area contributed by atoms with E-state index >= 15 is 0 Å². The molecule has 154 valence electrons. The Bertz CT molecular complexity index is 878. The Morgan fingerprint density at radius 2 is 1.79 bits per heavy atom. The van der Waals surface area contributed by atoms with Crippen molar-refractivity contribution in [1.82, 2.24) is 0 Å². The van der Waals surface area contributed by atoms with Crippen molar-refractivity contribution in [2.75, 3.05) is 28.7 Å². The van der Waals surface area contributed by atoms with Gasteiger partial charge < -0.3 is 20.3 Å². The van der Waals surface area contributed by atoms with Crippen LogP contribution in [-0.4, -0.2) is 25.1 Å². The lowest BCUT2D eigenvalue weighted by atomic mass is 9.92. The molecule has 2 N–H and O–H groups in total. The van der Waals surface area contributed by atoms with E-state index < -0.39 is 5.41 Å². The maximum atomic E-state index is 13.2. The third-order valence-electron chi connectivity index (χ3n) is 4.88. The maximum absolute atomic E-state index is 13.2. The summed E-state index contributed by atoms with van der Waals surface area (Å²) in [7, 11) is 0. The first-order valence-corrected chi connectivity index (χ1v) is 9.98. The number of para-hydroxylation sites is 1. The van der Waals surface area contributed by atoms with E-state index in [-0.39, 0.29) is 11.9 Å². The van der Waals surface area contributed by atoms with Crippen molar-refractivity contribution in [3.05, 3.63) is 48.5 Å². The highest BCUT2D eigenvalue weighted by molar-refractivity contribution is 6.02. The van der Waals surface area contributed by atoms with Crippen LogP contribution >= 0.6 is 0 Å². The molecule has 6 nitrogen and oxygen atoms in total. The number of fused-ring (bicyclic) bond motifs is 1. The lowest BCUT2D eigenvalue weighted by molar-refractivity contribution is -0.127. The van der Waals surface area contributed by atoms with Gasteiger partial charge in [0.05, 0.1) is 11.1 Å². The van der Waals surface area contributed by atoms with E-state index in [4.69, 9.17) is 4.74 Å². The van der Waals surface area contributed by atoms with Crippen LogP contribution in [0, 0.1) is 11.3 Å². The molecular formula is C23H29N3O3. The number of hydrogen-bond donors (Lipinski definition) is 2. The van der Waals surface area contributed by atoms with Gasteiger partial charge in [-0.15, -0.1) is 0 Å². The van der Waals surface area contributed by atoms with Gasteiger partial charge in [0.15, 0.2) is 0 Å². The summed E-state index contributed by atoms with van der Waals surface area (Å²) in [6.07, 6.45) is 0.882. The summed E-state index contributed by atoms with van der Waals surface area (Å²) < 4.78 is 5.94. The van der Waals surface area contributed by atoms with Crippen molar-refractivity contribution in [3.8, 4) is 5.75 Å². The Kier molecular flexibility index (Phi) is 6.11. The summed E-state index contributed by atoms with van der Waals surface area (Å²) in [6.45, 7) is 8.99. The highest BCUT2D eigenvalue weighted by Crippen LogP contribution is 2.38. The Labute approximate surface area is 172 Å². The van der Waals surface area contributed by atoms with Gasteiger partial charge in [-0.05, 0) is 56.5 Å². The summed E-state index contributed by atoms with van der Waals surface area (Å²) in [5.74, 6) is 1.15.